The van der Waals surface area contributed by atoms with Gasteiger partial charge in [-0.3, -0.25) is 9.36 Å². The standard InChI is InChI=1S/C21H26N4O3S/c1-5-27-17-10-8-16(9-11-17)22-20(26)15(4)29-21-24-23-19(18-7-6-12-28-18)25(21)13-14(2)3/h6-12,14-15H,5,13H2,1-4H3,(H,22,26). The van der Waals surface area contributed by atoms with Gasteiger partial charge in [-0.25, -0.2) is 0 Å². The smallest absolute Gasteiger partial charge is 0.237 e. The first kappa shape index (κ1) is 21.0. The maximum Gasteiger partial charge on any atom is 0.237 e. The van der Waals surface area contributed by atoms with E-state index in [0.29, 0.717) is 29.3 Å². The molecule has 1 amide bonds. The monoisotopic (exact) mass is 414 g/mol. The zero-order valence-electron chi connectivity index (χ0n) is 17.1. The fraction of sp³-hybridized carbons (Fsp3) is 0.381. The molecule has 1 N–H and O–H groups in total. The topological polar surface area (TPSA) is 82.2 Å². The van der Waals surface area contributed by atoms with Crippen molar-refractivity contribution in [3.63, 3.8) is 0 Å². The zero-order valence-corrected chi connectivity index (χ0v) is 17.9. The number of ether oxygens (including phenoxy) is 1. The summed E-state index contributed by atoms with van der Waals surface area (Å²) in [5, 5.41) is 11.9. The first-order chi connectivity index (χ1) is 14.0. The third kappa shape index (κ3) is 5.41. The number of nitrogens with one attached hydrogen (secondary N) is 1. The lowest BCUT2D eigenvalue weighted by molar-refractivity contribution is -0.115. The van der Waals surface area contributed by atoms with E-state index in [9.17, 15) is 4.79 Å². The minimum absolute atomic E-state index is 0.0993. The van der Waals surface area contributed by atoms with Crippen molar-refractivity contribution in [3.8, 4) is 17.3 Å². The molecule has 1 aromatic carbocycles. The predicted octanol–water partition coefficient (Wildman–Crippen LogP) is 4.71. The van der Waals surface area contributed by atoms with Crippen molar-refractivity contribution < 1.29 is 13.9 Å². The SMILES string of the molecule is CCOc1ccc(NC(=O)C(C)Sc2nnc(-c3ccco3)n2CC(C)C)cc1. The summed E-state index contributed by atoms with van der Waals surface area (Å²) in [5.74, 6) is 2.41. The van der Waals surface area contributed by atoms with Gasteiger partial charge in [0.2, 0.25) is 5.91 Å². The fourth-order valence-corrected chi connectivity index (χ4v) is 3.61. The second-order valence-corrected chi connectivity index (χ2v) is 8.30. The summed E-state index contributed by atoms with van der Waals surface area (Å²) >= 11 is 1.38. The molecule has 29 heavy (non-hydrogen) atoms. The average Bonchev–Trinajstić information content (AvgIpc) is 3.34. The number of furan rings is 1. The van der Waals surface area contributed by atoms with Gasteiger partial charge >= 0.3 is 0 Å². The van der Waals surface area contributed by atoms with Crippen LogP contribution in [-0.2, 0) is 11.3 Å². The maximum atomic E-state index is 12.7. The zero-order chi connectivity index (χ0) is 20.8. The molecular weight excluding hydrogens is 388 g/mol. The summed E-state index contributed by atoms with van der Waals surface area (Å²) in [6.07, 6.45) is 1.61. The van der Waals surface area contributed by atoms with Gasteiger partial charge in [0.25, 0.3) is 0 Å². The first-order valence-electron chi connectivity index (χ1n) is 9.65. The summed E-state index contributed by atoms with van der Waals surface area (Å²) in [6, 6.07) is 11.0. The molecule has 1 atom stereocenters. The molecule has 0 saturated heterocycles. The predicted molar refractivity (Wildman–Crippen MR) is 114 cm³/mol. The first-order valence-corrected chi connectivity index (χ1v) is 10.5. The second-order valence-electron chi connectivity index (χ2n) is 6.99. The quantitative estimate of drug-likeness (QED) is 0.511. The van der Waals surface area contributed by atoms with Crippen LogP contribution in [0.3, 0.4) is 0 Å². The van der Waals surface area contributed by atoms with E-state index < -0.39 is 0 Å². The summed E-state index contributed by atoms with van der Waals surface area (Å²) in [6.45, 7) is 9.39. The number of rotatable bonds is 9. The highest BCUT2D eigenvalue weighted by Crippen LogP contribution is 2.28. The number of aromatic nitrogens is 3. The second kappa shape index (κ2) is 9.65. The number of anilines is 1. The van der Waals surface area contributed by atoms with Gasteiger partial charge in [-0.05, 0) is 56.2 Å². The molecule has 1 unspecified atom stereocenters. The van der Waals surface area contributed by atoms with Crippen molar-refractivity contribution in [3.05, 3.63) is 42.7 Å². The molecule has 3 aromatic rings. The molecule has 0 aliphatic carbocycles. The van der Waals surface area contributed by atoms with E-state index >= 15 is 0 Å². The van der Waals surface area contributed by atoms with Crippen LogP contribution in [0, 0.1) is 5.92 Å². The van der Waals surface area contributed by atoms with Crippen LogP contribution in [0.1, 0.15) is 27.7 Å². The number of hydrogen-bond donors (Lipinski definition) is 1. The lowest BCUT2D eigenvalue weighted by Gasteiger charge is -2.15. The van der Waals surface area contributed by atoms with Crippen molar-refractivity contribution in [2.24, 2.45) is 5.92 Å². The Kier molecular flexibility index (Phi) is 6.98. The molecule has 2 aromatic heterocycles. The van der Waals surface area contributed by atoms with E-state index in [1.807, 2.05) is 54.8 Å². The van der Waals surface area contributed by atoms with Crippen molar-refractivity contribution in [2.45, 2.75) is 44.6 Å². The Morgan fingerprint density at radius 2 is 1.97 bits per heavy atom. The van der Waals surface area contributed by atoms with Crippen molar-refractivity contribution in [2.75, 3.05) is 11.9 Å². The summed E-state index contributed by atoms with van der Waals surface area (Å²) in [7, 11) is 0. The number of benzene rings is 1. The Bertz CT molecular complexity index is 920. The van der Waals surface area contributed by atoms with Gasteiger partial charge in [-0.1, -0.05) is 25.6 Å². The van der Waals surface area contributed by atoms with E-state index in [2.05, 4.69) is 29.4 Å². The molecule has 0 aliphatic rings. The van der Waals surface area contributed by atoms with Crippen LogP contribution in [0.25, 0.3) is 11.6 Å². The number of nitrogens with zero attached hydrogens (tertiary/aromatic N) is 3. The van der Waals surface area contributed by atoms with Gasteiger partial charge in [-0.2, -0.15) is 0 Å². The number of carbonyl (C=O) groups excluding carboxylic acids is 1. The van der Waals surface area contributed by atoms with Gasteiger partial charge in [0.15, 0.2) is 16.7 Å². The van der Waals surface area contributed by atoms with Crippen LogP contribution in [-0.4, -0.2) is 32.5 Å². The summed E-state index contributed by atoms with van der Waals surface area (Å²) in [4.78, 5) is 12.7. The van der Waals surface area contributed by atoms with Gasteiger partial charge in [0, 0.05) is 12.2 Å². The van der Waals surface area contributed by atoms with E-state index in [1.165, 1.54) is 11.8 Å². The van der Waals surface area contributed by atoms with Gasteiger partial charge < -0.3 is 14.5 Å². The molecular formula is C21H26N4O3S. The van der Waals surface area contributed by atoms with Gasteiger partial charge in [-0.15, -0.1) is 10.2 Å². The minimum atomic E-state index is -0.346. The Labute approximate surface area is 174 Å². The van der Waals surface area contributed by atoms with E-state index in [0.717, 1.165) is 18.0 Å². The fourth-order valence-electron chi connectivity index (χ4n) is 2.75. The normalized spacial score (nSPS) is 12.2. The molecule has 7 nitrogen and oxygen atoms in total. The van der Waals surface area contributed by atoms with Crippen molar-refractivity contribution >= 4 is 23.4 Å². The number of thioether (sulfide) groups is 1. The van der Waals surface area contributed by atoms with Crippen LogP contribution in [0.15, 0.2) is 52.2 Å². The van der Waals surface area contributed by atoms with Crippen molar-refractivity contribution in [1.29, 1.82) is 0 Å². The lowest BCUT2D eigenvalue weighted by Crippen LogP contribution is -2.23. The van der Waals surface area contributed by atoms with Crippen LogP contribution >= 0.6 is 11.8 Å². The average molecular weight is 415 g/mol. The highest BCUT2D eigenvalue weighted by molar-refractivity contribution is 8.00. The third-order valence-electron chi connectivity index (χ3n) is 4.09. The van der Waals surface area contributed by atoms with Crippen LogP contribution in [0.2, 0.25) is 0 Å². The van der Waals surface area contributed by atoms with E-state index in [1.54, 1.807) is 6.26 Å². The summed E-state index contributed by atoms with van der Waals surface area (Å²) < 4.78 is 12.9. The highest BCUT2D eigenvalue weighted by Gasteiger charge is 2.22. The van der Waals surface area contributed by atoms with Crippen LogP contribution < -0.4 is 10.1 Å². The molecule has 0 fully saturated rings. The van der Waals surface area contributed by atoms with Gasteiger partial charge in [0.05, 0.1) is 18.1 Å². The Hall–Kier alpha value is -2.74. The minimum Gasteiger partial charge on any atom is -0.494 e. The molecule has 0 aliphatic heterocycles. The molecule has 0 bridgehead atoms. The van der Waals surface area contributed by atoms with Crippen LogP contribution in [0.4, 0.5) is 5.69 Å². The summed E-state index contributed by atoms with van der Waals surface area (Å²) in [5.41, 5.74) is 0.728. The van der Waals surface area contributed by atoms with Crippen molar-refractivity contribution in [1.82, 2.24) is 14.8 Å². The highest BCUT2D eigenvalue weighted by atomic mass is 32.2. The molecule has 3 rings (SSSR count). The maximum absolute atomic E-state index is 12.7. The molecule has 0 spiro atoms. The van der Waals surface area contributed by atoms with E-state index in [4.69, 9.17) is 9.15 Å². The molecule has 0 radical (unpaired) electrons. The van der Waals surface area contributed by atoms with Crippen LogP contribution in [0.5, 0.6) is 5.75 Å². The Balaban J connectivity index is 1.70. The Morgan fingerprint density at radius 1 is 1.21 bits per heavy atom. The molecule has 8 heteroatoms. The van der Waals surface area contributed by atoms with E-state index in [-0.39, 0.29) is 11.2 Å². The largest absolute Gasteiger partial charge is 0.494 e. The number of hydrogen-bond acceptors (Lipinski definition) is 6. The number of amides is 1. The third-order valence-corrected chi connectivity index (χ3v) is 5.17. The lowest BCUT2D eigenvalue weighted by atomic mass is 10.2. The number of carbonyl (C=O) groups is 1. The van der Waals surface area contributed by atoms with Gasteiger partial charge in [0.1, 0.15) is 5.75 Å². The molecule has 0 saturated carbocycles. The Morgan fingerprint density at radius 3 is 2.59 bits per heavy atom. The molecule has 154 valence electrons. The molecule has 2 heterocycles.